The molecule has 0 aliphatic carbocycles. The number of halogens is 3. The van der Waals surface area contributed by atoms with Crippen LogP contribution in [0.3, 0.4) is 0 Å². The van der Waals surface area contributed by atoms with Gasteiger partial charge >= 0.3 is 0 Å². The van der Waals surface area contributed by atoms with Gasteiger partial charge in [0.1, 0.15) is 24.3 Å². The Labute approximate surface area is 196 Å². The van der Waals surface area contributed by atoms with Gasteiger partial charge in [-0.05, 0) is 77.2 Å². The topological polar surface area (TPSA) is 41.6 Å². The van der Waals surface area contributed by atoms with Crippen molar-refractivity contribution >= 4 is 55.8 Å². The van der Waals surface area contributed by atoms with Crippen molar-refractivity contribution in [2.75, 3.05) is 16.8 Å². The van der Waals surface area contributed by atoms with Crippen LogP contribution in [0, 0.1) is 9.39 Å². The highest BCUT2D eigenvalue weighted by atomic mass is 127. The third-order valence-corrected chi connectivity index (χ3v) is 6.09. The Morgan fingerprint density at radius 1 is 1.20 bits per heavy atom. The van der Waals surface area contributed by atoms with E-state index in [4.69, 9.17) is 4.74 Å². The van der Waals surface area contributed by atoms with E-state index in [2.05, 4.69) is 50.4 Å². The minimum absolute atomic E-state index is 0.206. The van der Waals surface area contributed by atoms with E-state index < -0.39 is 12.0 Å². The molecule has 4 rings (SSSR count). The fourth-order valence-corrected chi connectivity index (χ4v) is 4.32. The van der Waals surface area contributed by atoms with Crippen LogP contribution in [0.1, 0.15) is 22.1 Å². The fourth-order valence-electron chi connectivity index (χ4n) is 3.36. The molecular formula is C23H17BrFIN2O2. The summed E-state index contributed by atoms with van der Waals surface area (Å²) >= 11 is 5.76. The molecule has 0 aromatic heterocycles. The van der Waals surface area contributed by atoms with Gasteiger partial charge in [0, 0.05) is 25.0 Å². The lowest BCUT2D eigenvalue weighted by molar-refractivity contribution is 0.0974. The molecule has 1 heterocycles. The number of hydrogen-bond donors (Lipinski definition) is 1. The first-order valence-electron chi connectivity index (χ1n) is 9.16. The van der Waals surface area contributed by atoms with Gasteiger partial charge in [0.25, 0.3) is 5.91 Å². The van der Waals surface area contributed by atoms with E-state index in [-0.39, 0.29) is 5.91 Å². The van der Waals surface area contributed by atoms with Crippen LogP contribution in [0.25, 0.3) is 0 Å². The predicted molar refractivity (Wildman–Crippen MR) is 129 cm³/mol. The number of benzene rings is 3. The lowest BCUT2D eigenvalue weighted by Crippen LogP contribution is -2.43. The molecule has 0 saturated heterocycles. The maximum absolute atomic E-state index is 14.0. The fraction of sp³-hybridized carbons (Fsp3) is 0.0870. The summed E-state index contributed by atoms with van der Waals surface area (Å²) in [4.78, 5) is 15.1. The molecule has 0 spiro atoms. The second-order valence-electron chi connectivity index (χ2n) is 6.67. The Morgan fingerprint density at radius 2 is 2.03 bits per heavy atom. The summed E-state index contributed by atoms with van der Waals surface area (Å²) in [5.41, 5.74) is 2.52. The zero-order valence-electron chi connectivity index (χ0n) is 15.7. The molecule has 3 aromatic rings. The van der Waals surface area contributed by atoms with Crippen molar-refractivity contribution in [3.63, 3.8) is 0 Å². The standard InChI is InChI=1S/C23H17BrFIN2O2/c1-2-10-30-17-7-8-20(24)18(13-17)22-27-21-9-6-15(26)12-19(21)23(29)28(22)16-5-3-4-14(25)11-16/h2-9,11-13,22,27H,1,10H2/t22-/m1/s1. The molecule has 30 heavy (non-hydrogen) atoms. The highest BCUT2D eigenvalue weighted by Crippen LogP contribution is 2.40. The number of carbonyl (C=O) groups excluding carboxylic acids is 1. The largest absolute Gasteiger partial charge is 0.490 e. The van der Waals surface area contributed by atoms with Gasteiger partial charge in [-0.1, -0.05) is 34.7 Å². The van der Waals surface area contributed by atoms with Crippen LogP contribution in [-0.2, 0) is 0 Å². The number of hydrogen-bond acceptors (Lipinski definition) is 3. The Bertz CT molecular complexity index is 1140. The smallest absolute Gasteiger partial charge is 0.262 e. The quantitative estimate of drug-likeness (QED) is 0.276. The van der Waals surface area contributed by atoms with Crippen LogP contribution in [0.15, 0.2) is 77.8 Å². The lowest BCUT2D eigenvalue weighted by Gasteiger charge is -2.38. The van der Waals surface area contributed by atoms with E-state index in [0.717, 1.165) is 19.3 Å². The average molecular weight is 579 g/mol. The summed E-state index contributed by atoms with van der Waals surface area (Å²) in [7, 11) is 0. The number of nitrogens with zero attached hydrogens (tertiary/aromatic N) is 1. The Kier molecular flexibility index (Phi) is 6.10. The molecular weight excluding hydrogens is 562 g/mol. The number of amides is 1. The second kappa shape index (κ2) is 8.77. The molecule has 3 aromatic carbocycles. The third kappa shape index (κ3) is 4.09. The number of anilines is 2. The van der Waals surface area contributed by atoms with Crippen molar-refractivity contribution in [2.45, 2.75) is 6.17 Å². The van der Waals surface area contributed by atoms with E-state index in [1.807, 2.05) is 36.4 Å². The molecule has 0 unspecified atom stereocenters. The summed E-state index contributed by atoms with van der Waals surface area (Å²) in [6.45, 7) is 4.04. The zero-order chi connectivity index (χ0) is 21.3. The number of fused-ring (bicyclic) bond motifs is 1. The van der Waals surface area contributed by atoms with Crippen LogP contribution in [0.2, 0.25) is 0 Å². The van der Waals surface area contributed by atoms with Gasteiger partial charge in [-0.2, -0.15) is 0 Å². The van der Waals surface area contributed by atoms with Gasteiger partial charge in [-0.3, -0.25) is 9.69 Å². The van der Waals surface area contributed by atoms with Crippen molar-refractivity contribution < 1.29 is 13.9 Å². The summed E-state index contributed by atoms with van der Waals surface area (Å²) in [5, 5.41) is 3.44. The zero-order valence-corrected chi connectivity index (χ0v) is 19.5. The normalized spacial score (nSPS) is 15.4. The monoisotopic (exact) mass is 578 g/mol. The van der Waals surface area contributed by atoms with Crippen molar-refractivity contribution in [2.24, 2.45) is 0 Å². The van der Waals surface area contributed by atoms with E-state index in [9.17, 15) is 9.18 Å². The SMILES string of the molecule is C=CCOc1ccc(Br)c([C@@H]2Nc3ccc(I)cc3C(=O)N2c2cccc(F)c2)c1. The molecule has 0 saturated carbocycles. The Balaban J connectivity index is 1.86. The van der Waals surface area contributed by atoms with E-state index in [1.165, 1.54) is 12.1 Å². The minimum atomic E-state index is -0.562. The summed E-state index contributed by atoms with van der Waals surface area (Å²) in [6.07, 6.45) is 1.11. The van der Waals surface area contributed by atoms with Gasteiger partial charge in [-0.25, -0.2) is 4.39 Å². The second-order valence-corrected chi connectivity index (χ2v) is 8.77. The summed E-state index contributed by atoms with van der Waals surface area (Å²) < 4.78 is 21.5. The first kappa shape index (κ1) is 20.9. The van der Waals surface area contributed by atoms with Crippen molar-refractivity contribution in [3.8, 4) is 5.75 Å². The molecule has 4 nitrogen and oxygen atoms in total. The first-order chi connectivity index (χ1) is 14.5. The van der Waals surface area contributed by atoms with Gasteiger partial charge in [0.15, 0.2) is 0 Å². The van der Waals surface area contributed by atoms with Crippen LogP contribution in [0.5, 0.6) is 5.75 Å². The summed E-state index contributed by atoms with van der Waals surface area (Å²) in [5.74, 6) is 0.0340. The van der Waals surface area contributed by atoms with Crippen molar-refractivity contribution in [3.05, 3.63) is 98.3 Å². The van der Waals surface area contributed by atoms with E-state index in [1.54, 1.807) is 23.1 Å². The highest BCUT2D eigenvalue weighted by Gasteiger charge is 2.35. The van der Waals surface area contributed by atoms with Crippen LogP contribution < -0.4 is 15.0 Å². The van der Waals surface area contributed by atoms with Crippen molar-refractivity contribution in [1.29, 1.82) is 0 Å². The summed E-state index contributed by atoms with van der Waals surface area (Å²) in [6, 6.07) is 17.3. The van der Waals surface area contributed by atoms with Crippen molar-refractivity contribution in [1.82, 2.24) is 0 Å². The molecule has 1 N–H and O–H groups in total. The van der Waals surface area contributed by atoms with Crippen LogP contribution >= 0.6 is 38.5 Å². The molecule has 1 amide bonds. The number of rotatable bonds is 5. The van der Waals surface area contributed by atoms with E-state index >= 15 is 0 Å². The third-order valence-electron chi connectivity index (χ3n) is 4.70. The molecule has 1 aliphatic heterocycles. The van der Waals surface area contributed by atoms with Gasteiger partial charge < -0.3 is 10.1 Å². The Hall–Kier alpha value is -2.39. The predicted octanol–water partition coefficient (Wildman–Crippen LogP) is 6.53. The molecule has 7 heteroatoms. The lowest BCUT2D eigenvalue weighted by atomic mass is 10.0. The van der Waals surface area contributed by atoms with Crippen LogP contribution in [0.4, 0.5) is 15.8 Å². The maximum atomic E-state index is 14.0. The van der Waals surface area contributed by atoms with E-state index in [0.29, 0.717) is 23.6 Å². The molecule has 0 radical (unpaired) electrons. The molecule has 0 fully saturated rings. The number of carbonyl (C=O) groups is 1. The highest BCUT2D eigenvalue weighted by molar-refractivity contribution is 14.1. The molecule has 152 valence electrons. The molecule has 0 bridgehead atoms. The Morgan fingerprint density at radius 3 is 2.80 bits per heavy atom. The maximum Gasteiger partial charge on any atom is 0.262 e. The average Bonchev–Trinajstić information content (AvgIpc) is 2.73. The molecule has 1 atom stereocenters. The first-order valence-corrected chi connectivity index (χ1v) is 11.0. The van der Waals surface area contributed by atoms with Gasteiger partial charge in [-0.15, -0.1) is 0 Å². The van der Waals surface area contributed by atoms with Gasteiger partial charge in [0.05, 0.1) is 5.56 Å². The molecule has 1 aliphatic rings. The van der Waals surface area contributed by atoms with Crippen LogP contribution in [-0.4, -0.2) is 12.5 Å². The number of nitrogens with one attached hydrogen (secondary N) is 1. The minimum Gasteiger partial charge on any atom is -0.490 e. The van der Waals surface area contributed by atoms with Gasteiger partial charge in [0.2, 0.25) is 0 Å². The number of ether oxygens (including phenoxy) is 1.